The van der Waals surface area contributed by atoms with Gasteiger partial charge in [-0.05, 0) is 19.1 Å². The van der Waals surface area contributed by atoms with Crippen molar-refractivity contribution in [3.63, 3.8) is 0 Å². The van der Waals surface area contributed by atoms with Gasteiger partial charge in [-0.2, -0.15) is 12.8 Å². The highest BCUT2D eigenvalue weighted by atomic mass is 32.2. The van der Waals surface area contributed by atoms with Crippen molar-refractivity contribution in [2.24, 2.45) is 5.84 Å². The predicted octanol–water partition coefficient (Wildman–Crippen LogP) is 1.05. The van der Waals surface area contributed by atoms with Crippen molar-refractivity contribution >= 4 is 15.8 Å². The summed E-state index contributed by atoms with van der Waals surface area (Å²) in [5, 5.41) is 3.55. The van der Waals surface area contributed by atoms with Crippen LogP contribution in [-0.2, 0) is 10.0 Å². The smallest absolute Gasteiger partial charge is 0.279 e. The van der Waals surface area contributed by atoms with E-state index >= 15 is 0 Å². The highest BCUT2D eigenvalue weighted by Gasteiger charge is 2.25. The van der Waals surface area contributed by atoms with E-state index in [1.165, 1.54) is 18.4 Å². The van der Waals surface area contributed by atoms with E-state index in [2.05, 4.69) is 9.68 Å². The van der Waals surface area contributed by atoms with Crippen LogP contribution < -0.4 is 10.3 Å². The van der Waals surface area contributed by atoms with Crippen molar-refractivity contribution in [3.05, 3.63) is 42.2 Å². The number of benzene rings is 1. The van der Waals surface area contributed by atoms with Crippen LogP contribution in [0.2, 0.25) is 0 Å². The first-order chi connectivity index (χ1) is 8.03. The molecule has 0 aliphatic heterocycles. The molecule has 1 heterocycles. The van der Waals surface area contributed by atoms with Gasteiger partial charge in [-0.15, -0.1) is 0 Å². The largest absolute Gasteiger partial charge is 0.362 e. The van der Waals surface area contributed by atoms with Crippen LogP contribution in [0.4, 0.5) is 5.82 Å². The Balaban J connectivity index is 2.45. The van der Waals surface area contributed by atoms with E-state index in [4.69, 9.17) is 5.84 Å². The zero-order valence-corrected chi connectivity index (χ0v) is 9.89. The van der Waals surface area contributed by atoms with Crippen molar-refractivity contribution in [2.45, 2.75) is 11.8 Å². The third-order valence-corrected chi connectivity index (χ3v) is 3.79. The van der Waals surface area contributed by atoms with Crippen molar-refractivity contribution in [1.29, 1.82) is 0 Å². The number of hydrogen-bond donors (Lipinski definition) is 1. The molecule has 7 heteroatoms. The fourth-order valence-electron chi connectivity index (χ4n) is 1.31. The molecule has 0 radical (unpaired) electrons. The van der Waals surface area contributed by atoms with Gasteiger partial charge >= 0.3 is 0 Å². The van der Waals surface area contributed by atoms with Crippen LogP contribution in [0.15, 0.2) is 46.0 Å². The fraction of sp³-hybridized carbons (Fsp3) is 0.100. The van der Waals surface area contributed by atoms with Crippen LogP contribution in [0.5, 0.6) is 0 Å². The summed E-state index contributed by atoms with van der Waals surface area (Å²) in [5.41, 5.74) is 0.548. The monoisotopic (exact) mass is 253 g/mol. The number of aryl methyl sites for hydroxylation is 1. The number of nitrogens with zero attached hydrogens (tertiary/aromatic N) is 2. The average molecular weight is 253 g/mol. The summed E-state index contributed by atoms with van der Waals surface area (Å²) in [5.74, 6) is 5.65. The van der Waals surface area contributed by atoms with Crippen LogP contribution in [0, 0.1) is 6.92 Å². The summed E-state index contributed by atoms with van der Waals surface area (Å²) >= 11 is 0. The van der Waals surface area contributed by atoms with Gasteiger partial charge in [-0.25, -0.2) is 5.84 Å². The summed E-state index contributed by atoms with van der Waals surface area (Å²) in [4.78, 5) is 0.102. The maximum absolute atomic E-state index is 12.1. The maximum atomic E-state index is 12.1. The summed E-state index contributed by atoms with van der Waals surface area (Å²) < 4.78 is 29.5. The van der Waals surface area contributed by atoms with Crippen LogP contribution in [0.3, 0.4) is 0 Å². The maximum Gasteiger partial charge on any atom is 0.279 e. The molecule has 6 nitrogen and oxygen atoms in total. The first-order valence-corrected chi connectivity index (χ1v) is 6.23. The SMILES string of the molecule is Cc1conc1N(N)S(=O)(=O)c1ccccc1. The van der Waals surface area contributed by atoms with Crippen LogP contribution >= 0.6 is 0 Å². The fourth-order valence-corrected chi connectivity index (χ4v) is 2.45. The van der Waals surface area contributed by atoms with Crippen molar-refractivity contribution in [1.82, 2.24) is 5.16 Å². The highest BCUT2D eigenvalue weighted by molar-refractivity contribution is 7.92. The molecule has 90 valence electrons. The van der Waals surface area contributed by atoms with E-state index in [0.717, 1.165) is 0 Å². The van der Waals surface area contributed by atoms with Gasteiger partial charge in [0.05, 0.1) is 4.90 Å². The predicted molar refractivity (Wildman–Crippen MR) is 61.5 cm³/mol. The summed E-state index contributed by atoms with van der Waals surface area (Å²) in [6.07, 6.45) is 1.33. The molecule has 2 N–H and O–H groups in total. The Hall–Kier alpha value is -1.86. The second-order valence-electron chi connectivity index (χ2n) is 3.44. The van der Waals surface area contributed by atoms with Gasteiger partial charge in [0.15, 0.2) is 0 Å². The molecule has 0 unspecified atom stereocenters. The molecule has 0 aliphatic carbocycles. The molecule has 0 bridgehead atoms. The number of rotatable bonds is 3. The summed E-state index contributed by atoms with van der Waals surface area (Å²) in [7, 11) is -3.80. The third kappa shape index (κ3) is 2.02. The first-order valence-electron chi connectivity index (χ1n) is 4.79. The number of nitrogens with two attached hydrogens (primary N) is 1. The molecule has 1 aromatic carbocycles. The molecular weight excluding hydrogens is 242 g/mol. The number of hydrazine groups is 1. The zero-order valence-electron chi connectivity index (χ0n) is 9.07. The van der Waals surface area contributed by atoms with Gasteiger partial charge in [-0.3, -0.25) is 0 Å². The Morgan fingerprint density at radius 3 is 2.47 bits per heavy atom. The molecule has 0 atom stereocenters. The van der Waals surface area contributed by atoms with Gasteiger partial charge in [0, 0.05) is 5.56 Å². The molecule has 0 aliphatic rings. The lowest BCUT2D eigenvalue weighted by atomic mass is 10.4. The summed E-state index contributed by atoms with van der Waals surface area (Å²) in [6.45, 7) is 1.66. The molecule has 17 heavy (non-hydrogen) atoms. The lowest BCUT2D eigenvalue weighted by Crippen LogP contribution is -2.38. The zero-order chi connectivity index (χ0) is 12.5. The average Bonchev–Trinajstić information content (AvgIpc) is 2.75. The van der Waals surface area contributed by atoms with Gasteiger partial charge < -0.3 is 4.52 Å². The van der Waals surface area contributed by atoms with E-state index in [1.807, 2.05) is 0 Å². The molecule has 0 spiro atoms. The first kappa shape index (κ1) is 11.6. The number of aromatic nitrogens is 1. The van der Waals surface area contributed by atoms with E-state index in [9.17, 15) is 8.42 Å². The number of hydrogen-bond acceptors (Lipinski definition) is 5. The van der Waals surface area contributed by atoms with Gasteiger partial charge in [0.2, 0.25) is 5.82 Å². The van der Waals surface area contributed by atoms with Gasteiger partial charge in [0.1, 0.15) is 6.26 Å². The normalized spacial score (nSPS) is 11.4. The molecule has 0 saturated heterocycles. The second-order valence-corrected chi connectivity index (χ2v) is 5.25. The van der Waals surface area contributed by atoms with Crippen LogP contribution in [0.1, 0.15) is 5.56 Å². The Morgan fingerprint density at radius 1 is 1.29 bits per heavy atom. The number of anilines is 1. The van der Waals surface area contributed by atoms with Gasteiger partial charge in [0.25, 0.3) is 10.0 Å². The van der Waals surface area contributed by atoms with E-state index in [0.29, 0.717) is 9.98 Å². The van der Waals surface area contributed by atoms with E-state index in [1.54, 1.807) is 25.1 Å². The second kappa shape index (κ2) is 4.19. The Kier molecular flexibility index (Phi) is 2.86. The molecular formula is C10H11N3O3S. The van der Waals surface area contributed by atoms with Crippen molar-refractivity contribution in [2.75, 3.05) is 4.41 Å². The lowest BCUT2D eigenvalue weighted by Gasteiger charge is -2.15. The molecule has 0 fully saturated rings. The van der Waals surface area contributed by atoms with E-state index in [-0.39, 0.29) is 10.7 Å². The Morgan fingerprint density at radius 2 is 1.94 bits per heavy atom. The molecule has 0 saturated carbocycles. The quantitative estimate of drug-likeness (QED) is 0.652. The topological polar surface area (TPSA) is 89.4 Å². The van der Waals surface area contributed by atoms with Crippen molar-refractivity contribution < 1.29 is 12.9 Å². The Labute approximate surface area is 98.6 Å². The number of sulfonamides is 1. The molecule has 0 amide bonds. The standard InChI is InChI=1S/C10H11N3O3S/c1-8-7-16-12-10(8)13(11)17(14,15)9-5-3-2-4-6-9/h2-7H,11H2,1H3. The van der Waals surface area contributed by atoms with Gasteiger partial charge in [-0.1, -0.05) is 23.4 Å². The lowest BCUT2D eigenvalue weighted by molar-refractivity contribution is 0.420. The molecule has 1 aromatic heterocycles. The molecule has 2 rings (SSSR count). The minimum atomic E-state index is -3.80. The van der Waals surface area contributed by atoms with Crippen LogP contribution in [0.25, 0.3) is 0 Å². The Bertz CT molecular complexity index is 607. The third-order valence-electron chi connectivity index (χ3n) is 2.23. The van der Waals surface area contributed by atoms with E-state index < -0.39 is 10.0 Å². The van der Waals surface area contributed by atoms with Crippen molar-refractivity contribution in [3.8, 4) is 0 Å². The summed E-state index contributed by atoms with van der Waals surface area (Å²) in [6, 6.07) is 7.89. The molecule has 2 aromatic rings. The minimum absolute atomic E-state index is 0.0776. The van der Waals surface area contributed by atoms with Crippen LogP contribution in [-0.4, -0.2) is 13.6 Å². The highest BCUT2D eigenvalue weighted by Crippen LogP contribution is 2.21. The minimum Gasteiger partial charge on any atom is -0.362 e.